The molecule has 0 fully saturated rings. The maximum absolute atomic E-state index is 9.28. The lowest BCUT2D eigenvalue weighted by molar-refractivity contribution is 0.465. The van der Waals surface area contributed by atoms with E-state index in [0.717, 1.165) is 5.56 Å². The van der Waals surface area contributed by atoms with Crippen molar-refractivity contribution in [1.82, 2.24) is 0 Å². The lowest BCUT2D eigenvalue weighted by atomic mass is 10.0. The number of benzene rings is 2. The lowest BCUT2D eigenvalue weighted by Gasteiger charge is -2.05. The van der Waals surface area contributed by atoms with Gasteiger partial charge in [-0.2, -0.15) is 0 Å². The molecule has 2 rings (SSSR count). The van der Waals surface area contributed by atoms with Crippen molar-refractivity contribution < 1.29 is 10.2 Å². The molecule has 0 bridgehead atoms. The summed E-state index contributed by atoms with van der Waals surface area (Å²) in [5, 5.41) is 17.9. The molecule has 0 aliphatic carbocycles. The average molecular weight is 230 g/mol. The first-order valence-electron chi connectivity index (χ1n) is 5.63. The van der Waals surface area contributed by atoms with E-state index in [4.69, 9.17) is 5.11 Å². The molecule has 0 spiro atoms. The molecule has 0 saturated heterocycles. The maximum Gasteiger partial charge on any atom is 0.119 e. The first-order valence-corrected chi connectivity index (χ1v) is 5.63. The van der Waals surface area contributed by atoms with Crippen molar-refractivity contribution in [2.45, 2.75) is 19.8 Å². The highest BCUT2D eigenvalue weighted by Crippen LogP contribution is 2.23. The third kappa shape index (κ3) is 4.60. The second-order valence-electron chi connectivity index (χ2n) is 4.05. The molecule has 0 amide bonds. The number of hydrogen-bond donors (Lipinski definition) is 2. The summed E-state index contributed by atoms with van der Waals surface area (Å²) >= 11 is 0. The third-order valence-electron chi connectivity index (χ3n) is 2.31. The Hall–Kier alpha value is -1.96. The van der Waals surface area contributed by atoms with Crippen molar-refractivity contribution in [3.8, 4) is 11.5 Å². The fraction of sp³-hybridized carbons (Fsp3) is 0.200. The molecular formula is C15H18O2. The molecule has 90 valence electrons. The fourth-order valence-corrected chi connectivity index (χ4v) is 1.40. The van der Waals surface area contributed by atoms with Crippen LogP contribution in [0.4, 0.5) is 0 Å². The highest BCUT2D eigenvalue weighted by molar-refractivity contribution is 5.33. The van der Waals surface area contributed by atoms with Gasteiger partial charge in [0.25, 0.3) is 0 Å². The molecule has 0 aliphatic heterocycles. The summed E-state index contributed by atoms with van der Waals surface area (Å²) in [6.07, 6.45) is 0. The Kier molecular flexibility index (Phi) is 5.08. The number of phenols is 2. The van der Waals surface area contributed by atoms with E-state index in [1.807, 2.05) is 24.3 Å². The summed E-state index contributed by atoms with van der Waals surface area (Å²) in [5.41, 5.74) is 1.02. The highest BCUT2D eigenvalue weighted by atomic mass is 16.3. The van der Waals surface area contributed by atoms with Crippen molar-refractivity contribution in [3.63, 3.8) is 0 Å². The summed E-state index contributed by atoms with van der Waals surface area (Å²) in [5.74, 6) is 1.13. The van der Waals surface area contributed by atoms with Crippen LogP contribution in [0, 0.1) is 0 Å². The zero-order valence-corrected chi connectivity index (χ0v) is 10.2. The summed E-state index contributed by atoms with van der Waals surface area (Å²) in [6, 6.07) is 16.1. The smallest absolute Gasteiger partial charge is 0.119 e. The predicted molar refractivity (Wildman–Crippen MR) is 70.3 cm³/mol. The number of phenolic OH excluding ortho intramolecular Hbond substituents is 2. The average Bonchev–Trinajstić information content (AvgIpc) is 2.31. The minimum Gasteiger partial charge on any atom is -0.508 e. The van der Waals surface area contributed by atoms with Gasteiger partial charge >= 0.3 is 0 Å². The van der Waals surface area contributed by atoms with Crippen LogP contribution >= 0.6 is 0 Å². The van der Waals surface area contributed by atoms with Gasteiger partial charge in [0.1, 0.15) is 11.5 Å². The molecule has 0 saturated carbocycles. The Bertz CT molecular complexity index is 436. The van der Waals surface area contributed by atoms with E-state index in [1.165, 1.54) is 0 Å². The van der Waals surface area contributed by atoms with E-state index in [0.29, 0.717) is 17.4 Å². The molecule has 0 aromatic heterocycles. The first kappa shape index (κ1) is 13.1. The van der Waals surface area contributed by atoms with Gasteiger partial charge < -0.3 is 10.2 Å². The molecule has 2 nitrogen and oxygen atoms in total. The van der Waals surface area contributed by atoms with E-state index >= 15 is 0 Å². The van der Waals surface area contributed by atoms with Crippen molar-refractivity contribution in [2.75, 3.05) is 0 Å². The summed E-state index contributed by atoms with van der Waals surface area (Å²) in [7, 11) is 0. The van der Waals surface area contributed by atoms with Gasteiger partial charge in [0, 0.05) is 0 Å². The van der Waals surface area contributed by atoms with Crippen LogP contribution in [-0.4, -0.2) is 10.2 Å². The molecule has 0 unspecified atom stereocenters. The van der Waals surface area contributed by atoms with Crippen molar-refractivity contribution in [2.24, 2.45) is 0 Å². The molecule has 0 aliphatic rings. The molecule has 2 aromatic carbocycles. The monoisotopic (exact) mass is 230 g/mol. The van der Waals surface area contributed by atoms with Crippen LogP contribution < -0.4 is 0 Å². The van der Waals surface area contributed by atoms with Crippen LogP contribution in [0.3, 0.4) is 0 Å². The van der Waals surface area contributed by atoms with Crippen LogP contribution in [-0.2, 0) is 0 Å². The van der Waals surface area contributed by atoms with E-state index < -0.39 is 0 Å². The van der Waals surface area contributed by atoms with Crippen LogP contribution in [0.2, 0.25) is 0 Å². The van der Waals surface area contributed by atoms with Gasteiger partial charge in [0.05, 0.1) is 0 Å². The zero-order valence-electron chi connectivity index (χ0n) is 10.2. The standard InChI is InChI=1S/C9H12O.C6H6O/c1-7(2)8-5-3-4-6-9(8)10;7-6-4-2-1-3-5-6/h3-7,10H,1-2H3;1-5,7H. The van der Waals surface area contributed by atoms with Gasteiger partial charge in [0.15, 0.2) is 0 Å². The second kappa shape index (κ2) is 6.59. The number of aromatic hydroxyl groups is 2. The lowest BCUT2D eigenvalue weighted by Crippen LogP contribution is -1.85. The zero-order chi connectivity index (χ0) is 12.7. The quantitative estimate of drug-likeness (QED) is 0.779. The van der Waals surface area contributed by atoms with E-state index in [1.54, 1.807) is 30.3 Å². The normalized spacial score (nSPS) is 9.59. The van der Waals surface area contributed by atoms with Crippen LogP contribution in [0.1, 0.15) is 25.3 Å². The molecule has 2 aromatic rings. The van der Waals surface area contributed by atoms with Crippen LogP contribution in [0.5, 0.6) is 11.5 Å². The predicted octanol–water partition coefficient (Wildman–Crippen LogP) is 3.91. The summed E-state index contributed by atoms with van der Waals surface area (Å²) < 4.78 is 0. The SMILES string of the molecule is CC(C)c1ccccc1O.Oc1ccccc1. The fourth-order valence-electron chi connectivity index (χ4n) is 1.40. The molecule has 0 heterocycles. The largest absolute Gasteiger partial charge is 0.508 e. The summed E-state index contributed by atoms with van der Waals surface area (Å²) in [4.78, 5) is 0. The third-order valence-corrected chi connectivity index (χ3v) is 2.31. The van der Waals surface area contributed by atoms with Gasteiger partial charge in [-0.1, -0.05) is 50.2 Å². The highest BCUT2D eigenvalue weighted by Gasteiger charge is 2.01. The van der Waals surface area contributed by atoms with Gasteiger partial charge in [-0.25, -0.2) is 0 Å². The van der Waals surface area contributed by atoms with Crippen molar-refractivity contribution in [3.05, 3.63) is 60.2 Å². The maximum atomic E-state index is 9.28. The second-order valence-corrected chi connectivity index (χ2v) is 4.05. The topological polar surface area (TPSA) is 40.5 Å². The molecule has 2 heteroatoms. The molecule has 17 heavy (non-hydrogen) atoms. The van der Waals surface area contributed by atoms with Gasteiger partial charge in [-0.05, 0) is 29.7 Å². The number of para-hydroxylation sites is 2. The Morgan fingerprint density at radius 3 is 1.65 bits per heavy atom. The Morgan fingerprint density at radius 2 is 1.29 bits per heavy atom. The van der Waals surface area contributed by atoms with Gasteiger partial charge in [-0.15, -0.1) is 0 Å². The Morgan fingerprint density at radius 1 is 0.765 bits per heavy atom. The summed E-state index contributed by atoms with van der Waals surface area (Å²) in [6.45, 7) is 4.13. The molecular weight excluding hydrogens is 212 g/mol. The molecule has 2 N–H and O–H groups in total. The van der Waals surface area contributed by atoms with Crippen LogP contribution in [0.15, 0.2) is 54.6 Å². The molecule has 0 radical (unpaired) electrons. The Balaban J connectivity index is 0.000000181. The van der Waals surface area contributed by atoms with E-state index in [-0.39, 0.29) is 0 Å². The number of hydrogen-bond acceptors (Lipinski definition) is 2. The van der Waals surface area contributed by atoms with Crippen LogP contribution in [0.25, 0.3) is 0 Å². The minimum absolute atomic E-state index is 0.322. The Labute approximate surface area is 102 Å². The molecule has 0 atom stereocenters. The van der Waals surface area contributed by atoms with Crippen molar-refractivity contribution >= 4 is 0 Å². The van der Waals surface area contributed by atoms with E-state index in [9.17, 15) is 5.11 Å². The van der Waals surface area contributed by atoms with E-state index in [2.05, 4.69) is 13.8 Å². The number of rotatable bonds is 1. The first-order chi connectivity index (χ1) is 8.11. The van der Waals surface area contributed by atoms with Gasteiger partial charge in [-0.3, -0.25) is 0 Å². The van der Waals surface area contributed by atoms with Crippen molar-refractivity contribution in [1.29, 1.82) is 0 Å². The minimum atomic E-state index is 0.322. The van der Waals surface area contributed by atoms with Gasteiger partial charge in [0.2, 0.25) is 0 Å².